The maximum Gasteiger partial charge on any atom is 0.0418 e. The van der Waals surface area contributed by atoms with Crippen LogP contribution in [-0.4, -0.2) is 4.87 Å². The maximum atomic E-state index is 6.57. The van der Waals surface area contributed by atoms with Crippen molar-refractivity contribution in [1.29, 1.82) is 0 Å². The fourth-order valence-electron chi connectivity index (χ4n) is 2.82. The van der Waals surface area contributed by atoms with Gasteiger partial charge in [-0.3, -0.25) is 0 Å². The third kappa shape index (κ3) is 11.8. The summed E-state index contributed by atoms with van der Waals surface area (Å²) in [5.41, 5.74) is 0. The molecular weight excluding hydrogens is 252 g/mol. The quantitative estimate of drug-likeness (QED) is 0.246. The largest absolute Gasteiger partial charge is 0.120 e. The third-order valence-corrected chi connectivity index (χ3v) is 4.59. The van der Waals surface area contributed by atoms with E-state index in [1.807, 2.05) is 0 Å². The van der Waals surface area contributed by atoms with Crippen molar-refractivity contribution < 1.29 is 0 Å². The summed E-state index contributed by atoms with van der Waals surface area (Å²) in [5, 5.41) is 0. The molecule has 0 saturated heterocycles. The molecule has 19 heavy (non-hydrogen) atoms. The number of hydrogen-bond donors (Lipinski definition) is 0. The summed E-state index contributed by atoms with van der Waals surface area (Å²) in [7, 11) is 0. The van der Waals surface area contributed by atoms with Crippen molar-refractivity contribution in [2.75, 3.05) is 0 Å². The Balaban J connectivity index is 3.75. The van der Waals surface area contributed by atoms with Crippen LogP contribution in [0.1, 0.15) is 105 Å². The van der Waals surface area contributed by atoms with Gasteiger partial charge in [-0.25, -0.2) is 0 Å². The maximum absolute atomic E-state index is 6.57. The monoisotopic (exact) mass is 288 g/mol. The van der Waals surface area contributed by atoms with Crippen LogP contribution in [0.4, 0.5) is 0 Å². The van der Waals surface area contributed by atoms with Crippen molar-refractivity contribution >= 4 is 11.6 Å². The molecule has 1 heteroatoms. The zero-order valence-corrected chi connectivity index (χ0v) is 14.7. The van der Waals surface area contributed by atoms with Crippen molar-refractivity contribution in [2.24, 2.45) is 5.92 Å². The van der Waals surface area contributed by atoms with Crippen LogP contribution >= 0.6 is 11.6 Å². The van der Waals surface area contributed by atoms with Crippen molar-refractivity contribution in [3.63, 3.8) is 0 Å². The number of alkyl halides is 1. The number of hydrogen-bond acceptors (Lipinski definition) is 0. The molecule has 0 aromatic rings. The van der Waals surface area contributed by atoms with Gasteiger partial charge in [0.25, 0.3) is 0 Å². The fraction of sp³-hybridized carbons (Fsp3) is 1.00. The summed E-state index contributed by atoms with van der Waals surface area (Å²) < 4.78 is 0. The van der Waals surface area contributed by atoms with Gasteiger partial charge in [0.15, 0.2) is 0 Å². The summed E-state index contributed by atoms with van der Waals surface area (Å²) in [6, 6.07) is 0. The minimum absolute atomic E-state index is 0.0182. The summed E-state index contributed by atoms with van der Waals surface area (Å²) in [6.45, 7) is 8.97. The SMILES string of the molecule is CCCCCCCCC(CCCCCC)C(C)(C)Cl. The Kier molecular flexibility index (Phi) is 12.2. The Morgan fingerprint density at radius 3 is 1.47 bits per heavy atom. The highest BCUT2D eigenvalue weighted by molar-refractivity contribution is 6.23. The van der Waals surface area contributed by atoms with E-state index < -0.39 is 0 Å². The molecule has 0 aliphatic carbocycles. The van der Waals surface area contributed by atoms with Gasteiger partial charge in [0, 0.05) is 4.87 Å². The topological polar surface area (TPSA) is 0 Å². The van der Waals surface area contributed by atoms with E-state index in [-0.39, 0.29) is 4.87 Å². The molecule has 0 aromatic heterocycles. The Hall–Kier alpha value is 0.290. The molecule has 0 amide bonds. The average Bonchev–Trinajstić information content (AvgIpc) is 2.34. The number of unbranched alkanes of at least 4 members (excludes halogenated alkanes) is 8. The molecule has 0 heterocycles. The van der Waals surface area contributed by atoms with E-state index in [4.69, 9.17) is 11.6 Å². The first kappa shape index (κ1) is 19.3. The molecule has 0 N–H and O–H groups in total. The molecule has 116 valence electrons. The van der Waals surface area contributed by atoms with Crippen molar-refractivity contribution in [3.05, 3.63) is 0 Å². The van der Waals surface area contributed by atoms with Crippen LogP contribution in [-0.2, 0) is 0 Å². The average molecular weight is 289 g/mol. The van der Waals surface area contributed by atoms with E-state index in [0.717, 1.165) is 0 Å². The lowest BCUT2D eigenvalue weighted by atomic mass is 9.85. The Bertz CT molecular complexity index is 181. The molecule has 0 aliphatic rings. The van der Waals surface area contributed by atoms with Crippen LogP contribution in [0.2, 0.25) is 0 Å². The number of rotatable bonds is 13. The Morgan fingerprint density at radius 1 is 0.684 bits per heavy atom. The first-order chi connectivity index (χ1) is 9.02. The lowest BCUT2D eigenvalue weighted by Gasteiger charge is -2.28. The molecule has 0 saturated carbocycles. The molecule has 0 spiro atoms. The zero-order chi connectivity index (χ0) is 14.6. The predicted octanol–water partition coefficient (Wildman–Crippen LogP) is 7.34. The second-order valence-corrected chi connectivity index (χ2v) is 7.64. The molecule has 0 aliphatic heterocycles. The lowest BCUT2D eigenvalue weighted by Crippen LogP contribution is -2.24. The first-order valence-corrected chi connectivity index (χ1v) is 9.09. The van der Waals surface area contributed by atoms with Gasteiger partial charge in [-0.1, -0.05) is 78.1 Å². The van der Waals surface area contributed by atoms with Gasteiger partial charge in [-0.2, -0.15) is 0 Å². The highest BCUT2D eigenvalue weighted by Crippen LogP contribution is 2.33. The molecule has 0 rings (SSSR count). The van der Waals surface area contributed by atoms with Crippen LogP contribution in [0.25, 0.3) is 0 Å². The van der Waals surface area contributed by atoms with E-state index in [1.165, 1.54) is 77.0 Å². The highest BCUT2D eigenvalue weighted by atomic mass is 35.5. The van der Waals surface area contributed by atoms with Crippen molar-refractivity contribution in [3.8, 4) is 0 Å². The van der Waals surface area contributed by atoms with Gasteiger partial charge < -0.3 is 0 Å². The smallest absolute Gasteiger partial charge is 0.0418 e. The predicted molar refractivity (Wildman–Crippen MR) is 90.2 cm³/mol. The van der Waals surface area contributed by atoms with Gasteiger partial charge in [-0.05, 0) is 32.6 Å². The number of halogens is 1. The molecule has 0 aromatic carbocycles. The minimum atomic E-state index is -0.0182. The molecule has 0 radical (unpaired) electrons. The van der Waals surface area contributed by atoms with E-state index >= 15 is 0 Å². The lowest BCUT2D eigenvalue weighted by molar-refractivity contribution is 0.335. The van der Waals surface area contributed by atoms with Crippen LogP contribution in [0.3, 0.4) is 0 Å². The van der Waals surface area contributed by atoms with Crippen LogP contribution < -0.4 is 0 Å². The third-order valence-electron chi connectivity index (χ3n) is 4.28. The molecule has 0 nitrogen and oxygen atoms in total. The van der Waals surface area contributed by atoms with Gasteiger partial charge in [0.2, 0.25) is 0 Å². The van der Waals surface area contributed by atoms with Gasteiger partial charge in [0.05, 0.1) is 0 Å². The minimum Gasteiger partial charge on any atom is -0.120 e. The summed E-state index contributed by atoms with van der Waals surface area (Å²) in [5.74, 6) is 0.706. The fourth-order valence-corrected chi connectivity index (χ4v) is 3.04. The van der Waals surface area contributed by atoms with Crippen LogP contribution in [0, 0.1) is 5.92 Å². The highest BCUT2D eigenvalue weighted by Gasteiger charge is 2.25. The molecular formula is C18H37Cl. The normalized spacial score (nSPS) is 13.7. The summed E-state index contributed by atoms with van der Waals surface area (Å²) in [4.78, 5) is -0.0182. The van der Waals surface area contributed by atoms with Gasteiger partial charge >= 0.3 is 0 Å². The first-order valence-electron chi connectivity index (χ1n) is 8.71. The Morgan fingerprint density at radius 2 is 1.05 bits per heavy atom. The Labute approximate surface area is 127 Å². The van der Waals surface area contributed by atoms with E-state index in [1.54, 1.807) is 0 Å². The molecule has 0 bridgehead atoms. The van der Waals surface area contributed by atoms with Crippen LogP contribution in [0.15, 0.2) is 0 Å². The summed E-state index contributed by atoms with van der Waals surface area (Å²) in [6.07, 6.45) is 16.5. The summed E-state index contributed by atoms with van der Waals surface area (Å²) >= 11 is 6.57. The van der Waals surface area contributed by atoms with E-state index in [2.05, 4.69) is 27.7 Å². The second kappa shape index (κ2) is 12.1. The van der Waals surface area contributed by atoms with Gasteiger partial charge in [-0.15, -0.1) is 11.6 Å². The second-order valence-electron chi connectivity index (χ2n) is 6.67. The molecule has 0 fully saturated rings. The molecule has 1 unspecified atom stereocenters. The van der Waals surface area contributed by atoms with Crippen molar-refractivity contribution in [2.45, 2.75) is 110 Å². The standard InChI is InChI=1S/C18H37Cl/c1-5-7-9-11-12-14-16-17(18(3,4)19)15-13-10-8-6-2/h17H,5-16H2,1-4H3. The van der Waals surface area contributed by atoms with Crippen LogP contribution in [0.5, 0.6) is 0 Å². The van der Waals surface area contributed by atoms with Gasteiger partial charge in [0.1, 0.15) is 0 Å². The molecule has 1 atom stereocenters. The van der Waals surface area contributed by atoms with E-state index in [9.17, 15) is 0 Å². The zero-order valence-electron chi connectivity index (χ0n) is 13.9. The van der Waals surface area contributed by atoms with Crippen molar-refractivity contribution in [1.82, 2.24) is 0 Å². The van der Waals surface area contributed by atoms with E-state index in [0.29, 0.717) is 5.92 Å².